The van der Waals surface area contributed by atoms with Crippen LogP contribution >= 0.6 is 11.3 Å². The van der Waals surface area contributed by atoms with Gasteiger partial charge in [-0.3, -0.25) is 9.99 Å². The number of para-hydroxylation sites is 1. The maximum absolute atomic E-state index is 4.72. The summed E-state index contributed by atoms with van der Waals surface area (Å²) in [6.07, 6.45) is 3.82. The third-order valence-electron chi connectivity index (χ3n) is 3.68. The van der Waals surface area contributed by atoms with Gasteiger partial charge in [0.15, 0.2) is 5.13 Å². The van der Waals surface area contributed by atoms with E-state index in [9.17, 15) is 0 Å². The van der Waals surface area contributed by atoms with Crippen molar-refractivity contribution >= 4 is 33.5 Å². The second kappa shape index (κ2) is 6.29. The predicted molar refractivity (Wildman–Crippen MR) is 101 cm³/mol. The van der Waals surface area contributed by atoms with Crippen molar-refractivity contribution in [2.24, 2.45) is 5.10 Å². The van der Waals surface area contributed by atoms with Crippen molar-refractivity contribution in [1.82, 2.24) is 9.55 Å². The molecule has 4 aromatic rings. The molecule has 118 valence electrons. The van der Waals surface area contributed by atoms with Gasteiger partial charge in [0.05, 0.1) is 27.8 Å². The predicted octanol–water partition coefficient (Wildman–Crippen LogP) is 4.84. The molecule has 0 aliphatic carbocycles. The first-order valence-corrected chi connectivity index (χ1v) is 8.50. The fourth-order valence-corrected chi connectivity index (χ4v) is 3.55. The van der Waals surface area contributed by atoms with Crippen LogP contribution in [0.5, 0.6) is 0 Å². The van der Waals surface area contributed by atoms with Gasteiger partial charge < -0.3 is 0 Å². The third-order valence-corrected chi connectivity index (χ3v) is 4.70. The Labute approximate surface area is 144 Å². The summed E-state index contributed by atoms with van der Waals surface area (Å²) < 4.78 is 3.25. The molecular formula is C19H16N4S. The van der Waals surface area contributed by atoms with E-state index in [2.05, 4.69) is 40.2 Å². The molecule has 0 radical (unpaired) electrons. The van der Waals surface area contributed by atoms with Crippen LogP contribution < -0.4 is 5.43 Å². The molecule has 0 aliphatic rings. The summed E-state index contributed by atoms with van der Waals surface area (Å²) in [5.74, 6) is 0. The molecule has 4 rings (SSSR count). The molecule has 0 aliphatic heterocycles. The molecule has 2 aromatic heterocycles. The van der Waals surface area contributed by atoms with E-state index in [1.54, 1.807) is 11.3 Å². The number of hydrogen-bond acceptors (Lipinski definition) is 4. The molecule has 0 atom stereocenters. The van der Waals surface area contributed by atoms with E-state index in [0.29, 0.717) is 0 Å². The van der Waals surface area contributed by atoms with Gasteiger partial charge >= 0.3 is 0 Å². The standard InChI is InChI=1S/C19H16N4S/c1-14-9-10-17-18(12-14)24-19(21-17)23-11-5-8-16(23)13-20-22-15-6-3-2-4-7-15/h2-13,22H,1H3/b20-13+. The van der Waals surface area contributed by atoms with E-state index < -0.39 is 0 Å². The Morgan fingerprint density at radius 3 is 2.83 bits per heavy atom. The Kier molecular flexibility index (Phi) is 3.84. The topological polar surface area (TPSA) is 42.2 Å². The number of hydrazone groups is 1. The molecule has 0 amide bonds. The summed E-state index contributed by atoms with van der Waals surface area (Å²) >= 11 is 1.68. The highest BCUT2D eigenvalue weighted by molar-refractivity contribution is 7.20. The number of aryl methyl sites for hydroxylation is 1. The molecule has 0 unspecified atom stereocenters. The molecular weight excluding hydrogens is 316 g/mol. The monoisotopic (exact) mass is 332 g/mol. The van der Waals surface area contributed by atoms with E-state index in [-0.39, 0.29) is 0 Å². The molecule has 0 spiro atoms. The molecule has 0 bridgehead atoms. The highest BCUT2D eigenvalue weighted by Crippen LogP contribution is 2.26. The lowest BCUT2D eigenvalue weighted by molar-refractivity contribution is 1.05. The van der Waals surface area contributed by atoms with Crippen LogP contribution in [-0.2, 0) is 0 Å². The average Bonchev–Trinajstić information content (AvgIpc) is 3.21. The van der Waals surface area contributed by atoms with Crippen molar-refractivity contribution in [3.05, 3.63) is 78.1 Å². The van der Waals surface area contributed by atoms with Gasteiger partial charge in [-0.1, -0.05) is 35.6 Å². The first-order chi connectivity index (χ1) is 11.8. The zero-order valence-electron chi connectivity index (χ0n) is 13.2. The summed E-state index contributed by atoms with van der Waals surface area (Å²) in [5, 5.41) is 5.27. The Balaban J connectivity index is 1.61. The Hall–Kier alpha value is -2.92. The van der Waals surface area contributed by atoms with Crippen molar-refractivity contribution in [2.45, 2.75) is 6.92 Å². The molecule has 5 heteroatoms. The summed E-state index contributed by atoms with van der Waals surface area (Å²) in [5.41, 5.74) is 7.25. The molecule has 24 heavy (non-hydrogen) atoms. The minimum atomic E-state index is 0.946. The van der Waals surface area contributed by atoms with Crippen LogP contribution in [0.25, 0.3) is 15.3 Å². The summed E-state index contributed by atoms with van der Waals surface area (Å²) in [4.78, 5) is 4.72. The summed E-state index contributed by atoms with van der Waals surface area (Å²) in [7, 11) is 0. The molecule has 2 aromatic carbocycles. The number of benzene rings is 2. The number of thiazole rings is 1. The fraction of sp³-hybridized carbons (Fsp3) is 0.0526. The highest BCUT2D eigenvalue weighted by Gasteiger charge is 2.08. The third kappa shape index (κ3) is 2.94. The van der Waals surface area contributed by atoms with Gasteiger partial charge in [0.1, 0.15) is 0 Å². The van der Waals surface area contributed by atoms with Crippen LogP contribution in [0.4, 0.5) is 5.69 Å². The molecule has 0 fully saturated rings. The maximum Gasteiger partial charge on any atom is 0.195 e. The van der Waals surface area contributed by atoms with Crippen LogP contribution in [0.15, 0.2) is 72.0 Å². The molecule has 1 N–H and O–H groups in total. The second-order valence-corrected chi connectivity index (χ2v) is 6.52. The van der Waals surface area contributed by atoms with Gasteiger partial charge in [0.2, 0.25) is 0 Å². The van der Waals surface area contributed by atoms with Gasteiger partial charge in [-0.2, -0.15) is 5.10 Å². The number of nitrogens with one attached hydrogen (secondary N) is 1. The van der Waals surface area contributed by atoms with E-state index in [0.717, 1.165) is 22.0 Å². The van der Waals surface area contributed by atoms with Gasteiger partial charge in [-0.25, -0.2) is 4.98 Å². The SMILES string of the molecule is Cc1ccc2nc(-n3cccc3/C=N/Nc3ccccc3)sc2c1. The van der Waals surface area contributed by atoms with Crippen LogP contribution in [0, 0.1) is 6.92 Å². The van der Waals surface area contributed by atoms with Gasteiger partial charge in [-0.05, 0) is 48.9 Å². The normalized spacial score (nSPS) is 11.4. The number of rotatable bonds is 4. The number of hydrogen-bond donors (Lipinski definition) is 1. The second-order valence-electron chi connectivity index (χ2n) is 5.51. The number of fused-ring (bicyclic) bond motifs is 1. The van der Waals surface area contributed by atoms with Crippen molar-refractivity contribution in [3.63, 3.8) is 0 Å². The molecule has 2 heterocycles. The Bertz CT molecular complexity index is 999. The van der Waals surface area contributed by atoms with Crippen molar-refractivity contribution in [1.29, 1.82) is 0 Å². The van der Waals surface area contributed by atoms with Crippen LogP contribution in [0.2, 0.25) is 0 Å². The Morgan fingerprint density at radius 1 is 1.08 bits per heavy atom. The summed E-state index contributed by atoms with van der Waals surface area (Å²) in [6, 6.07) is 20.2. The first-order valence-electron chi connectivity index (χ1n) is 7.69. The molecule has 0 saturated carbocycles. The smallest absolute Gasteiger partial charge is 0.195 e. The number of aromatic nitrogens is 2. The van der Waals surface area contributed by atoms with Gasteiger partial charge in [-0.15, -0.1) is 0 Å². The van der Waals surface area contributed by atoms with E-state index in [1.807, 2.05) is 54.9 Å². The lowest BCUT2D eigenvalue weighted by atomic mass is 10.2. The van der Waals surface area contributed by atoms with Crippen molar-refractivity contribution < 1.29 is 0 Å². The minimum absolute atomic E-state index is 0.946. The van der Waals surface area contributed by atoms with Gasteiger partial charge in [0.25, 0.3) is 0 Å². The molecule has 4 nitrogen and oxygen atoms in total. The van der Waals surface area contributed by atoms with E-state index in [1.165, 1.54) is 10.3 Å². The fourth-order valence-electron chi connectivity index (χ4n) is 2.48. The zero-order valence-corrected chi connectivity index (χ0v) is 14.0. The highest BCUT2D eigenvalue weighted by atomic mass is 32.1. The molecule has 0 saturated heterocycles. The van der Waals surface area contributed by atoms with Crippen LogP contribution in [0.1, 0.15) is 11.3 Å². The zero-order chi connectivity index (χ0) is 16.4. The van der Waals surface area contributed by atoms with E-state index in [4.69, 9.17) is 4.98 Å². The number of nitrogens with zero attached hydrogens (tertiary/aromatic N) is 3. The summed E-state index contributed by atoms with van der Waals surface area (Å²) in [6.45, 7) is 2.10. The first kappa shape index (κ1) is 14.7. The van der Waals surface area contributed by atoms with E-state index >= 15 is 0 Å². The largest absolute Gasteiger partial charge is 0.292 e. The maximum atomic E-state index is 4.72. The van der Waals surface area contributed by atoms with Crippen molar-refractivity contribution in [3.8, 4) is 5.13 Å². The lowest BCUT2D eigenvalue weighted by Gasteiger charge is -2.01. The number of anilines is 1. The van der Waals surface area contributed by atoms with Crippen molar-refractivity contribution in [2.75, 3.05) is 5.43 Å². The average molecular weight is 332 g/mol. The lowest BCUT2D eigenvalue weighted by Crippen LogP contribution is -1.98. The minimum Gasteiger partial charge on any atom is -0.292 e. The van der Waals surface area contributed by atoms with Gasteiger partial charge in [0, 0.05) is 6.20 Å². The Morgan fingerprint density at radius 2 is 1.96 bits per heavy atom. The quantitative estimate of drug-likeness (QED) is 0.429. The van der Waals surface area contributed by atoms with Crippen LogP contribution in [-0.4, -0.2) is 15.8 Å². The van der Waals surface area contributed by atoms with Crippen LogP contribution in [0.3, 0.4) is 0 Å².